The van der Waals surface area contributed by atoms with Crippen molar-refractivity contribution in [3.05, 3.63) is 84.4 Å². The molecular formula is C26H24N2O4S. The lowest BCUT2D eigenvalue weighted by molar-refractivity contribution is -0.131. The molecule has 4 rings (SSSR count). The van der Waals surface area contributed by atoms with Crippen LogP contribution in [0.15, 0.2) is 78.9 Å². The topological polar surface area (TPSA) is 78.4 Å². The molecular weight excluding hydrogens is 436 g/mol. The number of hydrogen-bond donors (Lipinski definition) is 0. The summed E-state index contributed by atoms with van der Waals surface area (Å²) >= 11 is 1.34. The summed E-state index contributed by atoms with van der Waals surface area (Å²) in [7, 11) is 0. The van der Waals surface area contributed by atoms with Crippen LogP contribution in [-0.4, -0.2) is 21.3 Å². The van der Waals surface area contributed by atoms with E-state index in [0.717, 1.165) is 16.1 Å². The Morgan fingerprint density at radius 1 is 0.788 bits per heavy atom. The van der Waals surface area contributed by atoms with Gasteiger partial charge in [0, 0.05) is 18.1 Å². The first kappa shape index (κ1) is 23.8. The summed E-state index contributed by atoms with van der Waals surface area (Å²) in [6, 6.07) is 23.0. The summed E-state index contributed by atoms with van der Waals surface area (Å²) in [5.41, 5.74) is 2.20. The third-order valence-electron chi connectivity index (χ3n) is 4.12. The van der Waals surface area contributed by atoms with Gasteiger partial charge in [0.1, 0.15) is 16.5 Å². The lowest BCUT2D eigenvalue weighted by Gasteiger charge is -2.06. The molecule has 0 spiro atoms. The van der Waals surface area contributed by atoms with Gasteiger partial charge in [-0.25, -0.2) is 9.78 Å². The highest BCUT2D eigenvalue weighted by Gasteiger charge is 2.11. The molecule has 0 saturated heterocycles. The van der Waals surface area contributed by atoms with Crippen molar-refractivity contribution in [2.75, 3.05) is 0 Å². The monoisotopic (exact) mass is 460 g/mol. The number of rotatable bonds is 5. The Balaban J connectivity index is 0.000000968. The molecule has 33 heavy (non-hydrogen) atoms. The lowest BCUT2D eigenvalue weighted by Crippen LogP contribution is -2.08. The molecule has 0 fully saturated rings. The fourth-order valence-electron chi connectivity index (χ4n) is 2.70. The predicted octanol–water partition coefficient (Wildman–Crippen LogP) is 6.43. The van der Waals surface area contributed by atoms with Crippen molar-refractivity contribution in [2.24, 2.45) is 0 Å². The van der Waals surface area contributed by atoms with Crippen molar-refractivity contribution >= 4 is 23.5 Å². The summed E-state index contributed by atoms with van der Waals surface area (Å²) in [6.07, 6.45) is 1.25. The average molecular weight is 461 g/mol. The molecule has 0 N–H and O–H groups in total. The highest BCUT2D eigenvalue weighted by atomic mass is 32.1. The zero-order valence-electron chi connectivity index (χ0n) is 18.6. The van der Waals surface area contributed by atoms with E-state index in [9.17, 15) is 9.59 Å². The largest absolute Gasteiger partial charge is 0.427 e. The second-order valence-corrected chi connectivity index (χ2v) is 7.78. The van der Waals surface area contributed by atoms with Gasteiger partial charge in [0.25, 0.3) is 0 Å². The average Bonchev–Trinajstić information content (AvgIpc) is 3.31. The van der Waals surface area contributed by atoms with E-state index >= 15 is 0 Å². The minimum absolute atomic E-state index is 0.351. The van der Waals surface area contributed by atoms with Gasteiger partial charge in [-0.05, 0) is 60.1 Å². The fraction of sp³-hybridized carbons (Fsp3) is 0.154. The minimum atomic E-state index is -0.504. The van der Waals surface area contributed by atoms with Gasteiger partial charge >= 0.3 is 11.9 Å². The first-order valence-electron chi connectivity index (χ1n) is 10.5. The summed E-state index contributed by atoms with van der Waals surface area (Å²) < 4.78 is 14.8. The Labute approximate surface area is 197 Å². The Hall–Kier alpha value is -3.84. The predicted molar refractivity (Wildman–Crippen MR) is 129 cm³/mol. The van der Waals surface area contributed by atoms with Crippen molar-refractivity contribution in [3.8, 4) is 33.5 Å². The molecule has 0 bridgehead atoms. The first-order chi connectivity index (χ1) is 16.0. The van der Waals surface area contributed by atoms with Gasteiger partial charge in [0.15, 0.2) is 5.82 Å². The van der Waals surface area contributed by atoms with E-state index in [2.05, 4.69) is 23.2 Å². The van der Waals surface area contributed by atoms with Gasteiger partial charge in [-0.1, -0.05) is 50.6 Å². The van der Waals surface area contributed by atoms with E-state index in [1.807, 2.05) is 42.5 Å². The van der Waals surface area contributed by atoms with E-state index in [0.29, 0.717) is 22.9 Å². The van der Waals surface area contributed by atoms with Crippen molar-refractivity contribution in [2.45, 2.75) is 27.2 Å². The third-order valence-corrected chi connectivity index (χ3v) is 4.89. The summed E-state index contributed by atoms with van der Waals surface area (Å²) in [5, 5.41) is 0.846. The second kappa shape index (κ2) is 11.7. The SMILES string of the molecule is CC(=O)Oc1ccc(C(=O)Oc2ccc(-c3nsc(-c4ccccc4)n3)cc2)cc1.CCC. The van der Waals surface area contributed by atoms with E-state index in [1.54, 1.807) is 36.4 Å². The molecule has 0 aliphatic carbocycles. The third kappa shape index (κ3) is 6.82. The number of benzene rings is 3. The van der Waals surface area contributed by atoms with Crippen LogP contribution in [0.1, 0.15) is 37.6 Å². The number of carbonyl (C=O) groups excluding carboxylic acids is 2. The van der Waals surface area contributed by atoms with Crippen LogP contribution >= 0.6 is 11.5 Å². The molecule has 6 nitrogen and oxygen atoms in total. The highest BCUT2D eigenvalue weighted by molar-refractivity contribution is 7.09. The molecule has 168 valence electrons. The Morgan fingerprint density at radius 3 is 1.97 bits per heavy atom. The van der Waals surface area contributed by atoms with Crippen LogP contribution in [0.5, 0.6) is 11.5 Å². The van der Waals surface area contributed by atoms with Crippen molar-refractivity contribution in [1.82, 2.24) is 9.36 Å². The van der Waals surface area contributed by atoms with Crippen LogP contribution in [0.25, 0.3) is 22.0 Å². The van der Waals surface area contributed by atoms with E-state index < -0.39 is 11.9 Å². The number of ether oxygens (including phenoxy) is 2. The smallest absolute Gasteiger partial charge is 0.343 e. The van der Waals surface area contributed by atoms with Gasteiger partial charge in [0.05, 0.1) is 5.56 Å². The minimum Gasteiger partial charge on any atom is -0.427 e. The molecule has 0 amide bonds. The van der Waals surface area contributed by atoms with Gasteiger partial charge in [-0.15, -0.1) is 0 Å². The standard InChI is InChI=1S/C23H16N2O4S.C3H8/c1-15(26)28-19-13-9-18(10-14-19)23(27)29-20-11-7-16(8-12-20)21-24-22(30-25-21)17-5-3-2-4-6-17;1-3-2/h2-14H,1H3;3H2,1-2H3. The summed E-state index contributed by atoms with van der Waals surface area (Å²) in [5.74, 6) is 0.476. The molecule has 1 heterocycles. The number of nitrogens with zero attached hydrogens (tertiary/aromatic N) is 2. The van der Waals surface area contributed by atoms with Crippen molar-refractivity contribution in [3.63, 3.8) is 0 Å². The Bertz CT molecular complexity index is 1190. The molecule has 0 aliphatic heterocycles. The highest BCUT2D eigenvalue weighted by Crippen LogP contribution is 2.27. The quantitative estimate of drug-likeness (QED) is 0.252. The van der Waals surface area contributed by atoms with Gasteiger partial charge in [-0.2, -0.15) is 4.37 Å². The zero-order valence-corrected chi connectivity index (χ0v) is 19.5. The van der Waals surface area contributed by atoms with Crippen LogP contribution in [0.4, 0.5) is 0 Å². The van der Waals surface area contributed by atoms with E-state index in [4.69, 9.17) is 9.47 Å². The number of hydrogen-bond acceptors (Lipinski definition) is 7. The molecule has 0 aliphatic rings. The second-order valence-electron chi connectivity index (χ2n) is 7.03. The van der Waals surface area contributed by atoms with Crippen LogP contribution in [-0.2, 0) is 4.79 Å². The van der Waals surface area contributed by atoms with Gasteiger partial charge in [0.2, 0.25) is 0 Å². The molecule has 0 saturated carbocycles. The maximum absolute atomic E-state index is 12.3. The van der Waals surface area contributed by atoms with Gasteiger partial charge in [-0.3, -0.25) is 4.79 Å². The zero-order chi connectivity index (χ0) is 23.6. The molecule has 1 aromatic heterocycles. The molecule has 3 aromatic carbocycles. The first-order valence-corrected chi connectivity index (χ1v) is 11.3. The Kier molecular flexibility index (Phi) is 8.43. The van der Waals surface area contributed by atoms with Crippen LogP contribution in [0.3, 0.4) is 0 Å². The van der Waals surface area contributed by atoms with Gasteiger partial charge < -0.3 is 9.47 Å². The van der Waals surface area contributed by atoms with E-state index in [-0.39, 0.29) is 0 Å². The maximum Gasteiger partial charge on any atom is 0.343 e. The lowest BCUT2D eigenvalue weighted by atomic mass is 10.2. The molecule has 0 unspecified atom stereocenters. The van der Waals surface area contributed by atoms with Crippen LogP contribution in [0, 0.1) is 0 Å². The summed E-state index contributed by atoms with van der Waals surface area (Å²) in [4.78, 5) is 27.8. The molecule has 0 radical (unpaired) electrons. The number of esters is 2. The molecule has 7 heteroatoms. The maximum atomic E-state index is 12.3. The number of carbonyl (C=O) groups is 2. The Morgan fingerprint density at radius 2 is 1.36 bits per heavy atom. The van der Waals surface area contributed by atoms with Crippen molar-refractivity contribution < 1.29 is 19.1 Å². The van der Waals surface area contributed by atoms with Crippen molar-refractivity contribution in [1.29, 1.82) is 0 Å². The fourth-order valence-corrected chi connectivity index (χ4v) is 3.39. The summed E-state index contributed by atoms with van der Waals surface area (Å²) in [6.45, 7) is 5.56. The molecule has 0 atom stereocenters. The van der Waals surface area contributed by atoms with Crippen LogP contribution < -0.4 is 9.47 Å². The molecule has 4 aromatic rings. The number of aromatic nitrogens is 2. The normalized spacial score (nSPS) is 10.0. The van der Waals surface area contributed by atoms with E-state index in [1.165, 1.54) is 24.9 Å². The van der Waals surface area contributed by atoms with Crippen LogP contribution in [0.2, 0.25) is 0 Å².